The molecule has 1 N–H and O–H groups in total. The van der Waals surface area contributed by atoms with Crippen LogP contribution in [0.4, 0.5) is 0 Å². The van der Waals surface area contributed by atoms with Crippen LogP contribution in [0.15, 0.2) is 47.6 Å². The first kappa shape index (κ1) is 14.5. The van der Waals surface area contributed by atoms with E-state index in [0.29, 0.717) is 0 Å². The molecule has 0 saturated carbocycles. The van der Waals surface area contributed by atoms with Crippen molar-refractivity contribution in [3.05, 3.63) is 58.9 Å². The molecule has 102 valence electrons. The van der Waals surface area contributed by atoms with Gasteiger partial charge in [-0.25, -0.2) is 13.1 Å². The van der Waals surface area contributed by atoms with Gasteiger partial charge in [0.05, 0.1) is 15.5 Å². The summed E-state index contributed by atoms with van der Waals surface area (Å²) in [5, 5.41) is 8.87. The summed E-state index contributed by atoms with van der Waals surface area (Å²) in [6.07, 6.45) is 3.19. The number of pyridine rings is 1. The van der Waals surface area contributed by atoms with Crippen LogP contribution in [0.3, 0.4) is 0 Å². The normalized spacial score (nSPS) is 11.0. The third-order valence-corrected chi connectivity index (χ3v) is 4.27. The van der Waals surface area contributed by atoms with Gasteiger partial charge in [0.25, 0.3) is 0 Å². The summed E-state index contributed by atoms with van der Waals surface area (Å²) in [5.74, 6) is 0. The zero-order valence-corrected chi connectivity index (χ0v) is 11.8. The minimum atomic E-state index is -3.68. The van der Waals surface area contributed by atoms with Gasteiger partial charge in [-0.3, -0.25) is 4.98 Å². The SMILES string of the molecule is N#Cc1ccc(S(=O)(=O)NCc2cccnc2)cc1Cl. The van der Waals surface area contributed by atoms with Crippen LogP contribution in [0.1, 0.15) is 11.1 Å². The number of halogens is 1. The second-order valence-corrected chi connectivity index (χ2v) is 6.11. The molecule has 1 heterocycles. The highest BCUT2D eigenvalue weighted by molar-refractivity contribution is 7.89. The maximum absolute atomic E-state index is 12.1. The fraction of sp³-hybridized carbons (Fsp3) is 0.0769. The molecule has 0 fully saturated rings. The Labute approximate surface area is 121 Å². The van der Waals surface area contributed by atoms with E-state index in [1.165, 1.54) is 18.2 Å². The van der Waals surface area contributed by atoms with Crippen LogP contribution in [0.5, 0.6) is 0 Å². The lowest BCUT2D eigenvalue weighted by molar-refractivity contribution is 0.581. The summed E-state index contributed by atoms with van der Waals surface area (Å²) in [7, 11) is -3.68. The van der Waals surface area contributed by atoms with Crippen molar-refractivity contribution in [2.75, 3.05) is 0 Å². The Balaban J connectivity index is 2.19. The average Bonchev–Trinajstić information content (AvgIpc) is 2.46. The Morgan fingerprint density at radius 3 is 2.75 bits per heavy atom. The van der Waals surface area contributed by atoms with Crippen molar-refractivity contribution in [3.63, 3.8) is 0 Å². The highest BCUT2D eigenvalue weighted by Gasteiger charge is 2.15. The number of hydrogen-bond donors (Lipinski definition) is 1. The van der Waals surface area contributed by atoms with Crippen molar-refractivity contribution in [3.8, 4) is 6.07 Å². The molecular formula is C13H10ClN3O2S. The van der Waals surface area contributed by atoms with Gasteiger partial charge in [0.2, 0.25) is 10.0 Å². The zero-order valence-electron chi connectivity index (χ0n) is 10.2. The predicted octanol–water partition coefficient (Wildman–Crippen LogP) is 2.09. The van der Waals surface area contributed by atoms with E-state index in [1.54, 1.807) is 24.5 Å². The first-order valence-corrected chi connectivity index (χ1v) is 7.47. The molecule has 0 unspecified atom stereocenters. The van der Waals surface area contributed by atoms with Crippen molar-refractivity contribution in [1.29, 1.82) is 5.26 Å². The molecule has 2 rings (SSSR count). The van der Waals surface area contributed by atoms with E-state index in [-0.39, 0.29) is 22.0 Å². The Kier molecular flexibility index (Phi) is 4.35. The van der Waals surface area contributed by atoms with E-state index in [2.05, 4.69) is 9.71 Å². The van der Waals surface area contributed by atoms with Gasteiger partial charge < -0.3 is 0 Å². The van der Waals surface area contributed by atoms with Gasteiger partial charge in [0, 0.05) is 18.9 Å². The Bertz CT molecular complexity index is 755. The lowest BCUT2D eigenvalue weighted by atomic mass is 10.2. The maximum atomic E-state index is 12.1. The second-order valence-electron chi connectivity index (χ2n) is 3.94. The van der Waals surface area contributed by atoms with Gasteiger partial charge in [-0.1, -0.05) is 17.7 Å². The number of hydrogen-bond acceptors (Lipinski definition) is 4. The number of nitrogens with zero attached hydrogens (tertiary/aromatic N) is 2. The topological polar surface area (TPSA) is 82.8 Å². The summed E-state index contributed by atoms with van der Waals surface area (Å²) >= 11 is 5.83. The molecule has 0 bridgehead atoms. The quantitative estimate of drug-likeness (QED) is 0.937. The van der Waals surface area contributed by atoms with Crippen molar-refractivity contribution in [2.24, 2.45) is 0 Å². The maximum Gasteiger partial charge on any atom is 0.240 e. The molecular weight excluding hydrogens is 298 g/mol. The molecule has 7 heteroatoms. The fourth-order valence-corrected chi connectivity index (χ4v) is 2.85. The Morgan fingerprint density at radius 1 is 1.35 bits per heavy atom. The standard InChI is InChI=1S/C13H10ClN3O2S/c14-13-6-12(4-3-11(13)7-15)20(18,19)17-9-10-2-1-5-16-8-10/h1-6,8,17H,9H2. The van der Waals surface area contributed by atoms with E-state index in [4.69, 9.17) is 16.9 Å². The highest BCUT2D eigenvalue weighted by Crippen LogP contribution is 2.20. The molecule has 1 aromatic heterocycles. The Hall–Kier alpha value is -1.94. The molecule has 0 saturated heterocycles. The third-order valence-electron chi connectivity index (χ3n) is 2.56. The van der Waals surface area contributed by atoms with Crippen LogP contribution < -0.4 is 4.72 Å². The summed E-state index contributed by atoms with van der Waals surface area (Å²) in [4.78, 5) is 3.92. The van der Waals surface area contributed by atoms with Crippen LogP contribution in [-0.4, -0.2) is 13.4 Å². The highest BCUT2D eigenvalue weighted by atomic mass is 35.5. The van der Waals surface area contributed by atoms with E-state index >= 15 is 0 Å². The molecule has 0 aliphatic carbocycles. The van der Waals surface area contributed by atoms with Crippen LogP contribution in [0, 0.1) is 11.3 Å². The first-order valence-electron chi connectivity index (χ1n) is 5.61. The fourth-order valence-electron chi connectivity index (χ4n) is 1.52. The molecule has 1 aromatic carbocycles. The minimum absolute atomic E-state index is 0.0189. The molecule has 0 spiro atoms. The van der Waals surface area contributed by atoms with Gasteiger partial charge in [-0.15, -0.1) is 0 Å². The van der Waals surface area contributed by atoms with Gasteiger partial charge >= 0.3 is 0 Å². The summed E-state index contributed by atoms with van der Waals surface area (Å²) < 4.78 is 26.6. The molecule has 2 aromatic rings. The van der Waals surface area contributed by atoms with E-state index in [0.717, 1.165) is 5.56 Å². The van der Waals surface area contributed by atoms with Gasteiger partial charge in [-0.05, 0) is 29.8 Å². The lowest BCUT2D eigenvalue weighted by Gasteiger charge is -2.07. The van der Waals surface area contributed by atoms with Gasteiger partial charge in [0.1, 0.15) is 6.07 Å². The largest absolute Gasteiger partial charge is 0.264 e. The summed E-state index contributed by atoms with van der Waals surface area (Å²) in [6.45, 7) is 0.133. The molecule has 0 amide bonds. The second kappa shape index (κ2) is 6.01. The molecule has 20 heavy (non-hydrogen) atoms. The lowest BCUT2D eigenvalue weighted by Crippen LogP contribution is -2.23. The number of nitrogens with one attached hydrogen (secondary N) is 1. The summed E-state index contributed by atoms with van der Waals surface area (Å²) in [6, 6.07) is 9.34. The number of rotatable bonds is 4. The molecule has 0 aliphatic heterocycles. The van der Waals surface area contributed by atoms with Crippen molar-refractivity contribution in [2.45, 2.75) is 11.4 Å². The number of nitriles is 1. The minimum Gasteiger partial charge on any atom is -0.264 e. The third kappa shape index (κ3) is 3.33. The monoisotopic (exact) mass is 307 g/mol. The van der Waals surface area contributed by atoms with Crippen LogP contribution in [0.25, 0.3) is 0 Å². The zero-order chi connectivity index (χ0) is 14.6. The molecule has 5 nitrogen and oxygen atoms in total. The van der Waals surface area contributed by atoms with Crippen LogP contribution in [-0.2, 0) is 16.6 Å². The summed E-state index contributed by atoms with van der Waals surface area (Å²) in [5.41, 5.74) is 0.980. The molecule has 0 radical (unpaired) electrons. The van der Waals surface area contributed by atoms with E-state index in [1.807, 2.05) is 6.07 Å². The van der Waals surface area contributed by atoms with Crippen molar-refractivity contribution < 1.29 is 8.42 Å². The van der Waals surface area contributed by atoms with E-state index in [9.17, 15) is 8.42 Å². The van der Waals surface area contributed by atoms with Crippen molar-refractivity contribution >= 4 is 21.6 Å². The number of benzene rings is 1. The number of sulfonamides is 1. The van der Waals surface area contributed by atoms with E-state index < -0.39 is 10.0 Å². The van der Waals surface area contributed by atoms with Crippen molar-refractivity contribution in [1.82, 2.24) is 9.71 Å². The van der Waals surface area contributed by atoms with Crippen LogP contribution in [0.2, 0.25) is 5.02 Å². The van der Waals surface area contributed by atoms with Gasteiger partial charge in [0.15, 0.2) is 0 Å². The smallest absolute Gasteiger partial charge is 0.240 e. The molecule has 0 aliphatic rings. The first-order chi connectivity index (χ1) is 9.53. The average molecular weight is 308 g/mol. The Morgan fingerprint density at radius 2 is 2.15 bits per heavy atom. The predicted molar refractivity (Wildman–Crippen MR) is 74.4 cm³/mol. The number of aromatic nitrogens is 1. The van der Waals surface area contributed by atoms with Crippen LogP contribution >= 0.6 is 11.6 Å². The van der Waals surface area contributed by atoms with Gasteiger partial charge in [-0.2, -0.15) is 5.26 Å². The molecule has 0 atom stereocenters.